The first-order valence-electron chi connectivity index (χ1n) is 6.73. The highest BCUT2D eigenvalue weighted by Gasteiger charge is 2.13. The molecule has 20 heavy (non-hydrogen) atoms. The standard InChI is InChI=1S/C16H21NO3/c1-13(18)10-17(12-15-7-5-9-20-15)11-14-6-3-4-8-16(14)19-2/h3-9,13,18H,10-12H2,1-2H3. The summed E-state index contributed by atoms with van der Waals surface area (Å²) >= 11 is 0. The van der Waals surface area contributed by atoms with Crippen LogP contribution in [0.3, 0.4) is 0 Å². The molecule has 1 unspecified atom stereocenters. The third-order valence-electron chi connectivity index (χ3n) is 3.07. The molecule has 0 aliphatic carbocycles. The second-order valence-corrected chi connectivity index (χ2v) is 4.91. The average molecular weight is 275 g/mol. The summed E-state index contributed by atoms with van der Waals surface area (Å²) in [6, 6.07) is 11.7. The summed E-state index contributed by atoms with van der Waals surface area (Å²) in [7, 11) is 1.67. The van der Waals surface area contributed by atoms with Crippen molar-refractivity contribution in [3.8, 4) is 5.75 Å². The highest BCUT2D eigenvalue weighted by Crippen LogP contribution is 2.20. The maximum atomic E-state index is 9.65. The van der Waals surface area contributed by atoms with Crippen molar-refractivity contribution in [1.29, 1.82) is 0 Å². The van der Waals surface area contributed by atoms with Crippen molar-refractivity contribution in [2.24, 2.45) is 0 Å². The van der Waals surface area contributed by atoms with E-state index in [9.17, 15) is 5.11 Å². The van der Waals surface area contributed by atoms with Crippen molar-refractivity contribution in [2.45, 2.75) is 26.1 Å². The Morgan fingerprint density at radius 2 is 2.00 bits per heavy atom. The van der Waals surface area contributed by atoms with E-state index in [0.29, 0.717) is 19.6 Å². The number of aliphatic hydroxyl groups is 1. The number of benzene rings is 1. The quantitative estimate of drug-likeness (QED) is 0.844. The van der Waals surface area contributed by atoms with Crippen LogP contribution in [0.2, 0.25) is 0 Å². The van der Waals surface area contributed by atoms with E-state index in [2.05, 4.69) is 4.90 Å². The SMILES string of the molecule is COc1ccccc1CN(Cc1ccco1)CC(C)O. The van der Waals surface area contributed by atoms with Crippen LogP contribution in [0.4, 0.5) is 0 Å². The molecule has 1 atom stereocenters. The molecule has 0 radical (unpaired) electrons. The predicted octanol–water partition coefficient (Wildman–Crippen LogP) is 2.67. The van der Waals surface area contributed by atoms with Gasteiger partial charge in [-0.15, -0.1) is 0 Å². The summed E-state index contributed by atoms with van der Waals surface area (Å²) < 4.78 is 10.8. The zero-order chi connectivity index (χ0) is 14.4. The van der Waals surface area contributed by atoms with Crippen LogP contribution in [0.25, 0.3) is 0 Å². The maximum Gasteiger partial charge on any atom is 0.123 e. The fourth-order valence-corrected chi connectivity index (χ4v) is 2.26. The Bertz CT molecular complexity index is 508. The molecule has 0 saturated heterocycles. The lowest BCUT2D eigenvalue weighted by atomic mass is 10.1. The molecule has 2 aromatic rings. The second-order valence-electron chi connectivity index (χ2n) is 4.91. The van der Waals surface area contributed by atoms with Gasteiger partial charge in [0.15, 0.2) is 0 Å². The molecule has 4 nitrogen and oxygen atoms in total. The van der Waals surface area contributed by atoms with Gasteiger partial charge in [-0.3, -0.25) is 4.90 Å². The van der Waals surface area contributed by atoms with Crippen molar-refractivity contribution in [3.05, 3.63) is 54.0 Å². The molecule has 0 spiro atoms. The highest BCUT2D eigenvalue weighted by molar-refractivity contribution is 5.33. The Morgan fingerprint density at radius 3 is 2.65 bits per heavy atom. The van der Waals surface area contributed by atoms with Gasteiger partial charge in [-0.2, -0.15) is 0 Å². The molecule has 1 aromatic carbocycles. The lowest BCUT2D eigenvalue weighted by Gasteiger charge is -2.23. The van der Waals surface area contributed by atoms with Gasteiger partial charge in [0.05, 0.1) is 26.0 Å². The minimum Gasteiger partial charge on any atom is -0.496 e. The van der Waals surface area contributed by atoms with Gasteiger partial charge >= 0.3 is 0 Å². The fraction of sp³-hybridized carbons (Fsp3) is 0.375. The van der Waals surface area contributed by atoms with Crippen LogP contribution in [-0.2, 0) is 13.1 Å². The molecule has 108 valence electrons. The summed E-state index contributed by atoms with van der Waals surface area (Å²) in [5.74, 6) is 1.75. The van der Waals surface area contributed by atoms with Crippen molar-refractivity contribution in [3.63, 3.8) is 0 Å². The van der Waals surface area contributed by atoms with Crippen molar-refractivity contribution in [1.82, 2.24) is 4.90 Å². The van der Waals surface area contributed by atoms with Gasteiger partial charge in [0.25, 0.3) is 0 Å². The molecule has 1 N–H and O–H groups in total. The zero-order valence-corrected chi connectivity index (χ0v) is 12.0. The fourth-order valence-electron chi connectivity index (χ4n) is 2.26. The third-order valence-corrected chi connectivity index (χ3v) is 3.07. The Balaban J connectivity index is 2.10. The number of ether oxygens (including phenoxy) is 1. The third kappa shape index (κ3) is 4.11. The van der Waals surface area contributed by atoms with Crippen LogP contribution >= 0.6 is 0 Å². The van der Waals surface area contributed by atoms with Gasteiger partial charge in [-0.05, 0) is 25.1 Å². The first-order chi connectivity index (χ1) is 9.69. The van der Waals surface area contributed by atoms with E-state index in [1.807, 2.05) is 36.4 Å². The number of furan rings is 1. The maximum absolute atomic E-state index is 9.65. The average Bonchev–Trinajstić information content (AvgIpc) is 2.91. The Labute approximate surface area is 119 Å². The summed E-state index contributed by atoms with van der Waals surface area (Å²) in [6.45, 7) is 3.74. The smallest absolute Gasteiger partial charge is 0.123 e. The normalized spacial score (nSPS) is 12.6. The van der Waals surface area contributed by atoms with Gasteiger partial charge in [0, 0.05) is 18.7 Å². The van der Waals surface area contributed by atoms with E-state index in [-0.39, 0.29) is 6.10 Å². The van der Waals surface area contributed by atoms with Gasteiger partial charge in [-0.25, -0.2) is 0 Å². The van der Waals surface area contributed by atoms with Crippen LogP contribution < -0.4 is 4.74 Å². The number of aliphatic hydroxyl groups excluding tert-OH is 1. The van der Waals surface area contributed by atoms with Crippen molar-refractivity contribution >= 4 is 0 Å². The summed E-state index contributed by atoms with van der Waals surface area (Å²) in [5, 5.41) is 9.65. The molecule has 0 aliphatic heterocycles. The van der Waals surface area contributed by atoms with Crippen LogP contribution in [0.5, 0.6) is 5.75 Å². The molecule has 0 bridgehead atoms. The first kappa shape index (κ1) is 14.6. The number of para-hydroxylation sites is 1. The van der Waals surface area contributed by atoms with Gasteiger partial charge in [-0.1, -0.05) is 18.2 Å². The molecule has 4 heteroatoms. The van der Waals surface area contributed by atoms with Crippen LogP contribution in [-0.4, -0.2) is 29.8 Å². The number of hydrogen-bond donors (Lipinski definition) is 1. The number of nitrogens with zero attached hydrogens (tertiary/aromatic N) is 1. The number of rotatable bonds is 7. The zero-order valence-electron chi connectivity index (χ0n) is 12.0. The molecular formula is C16H21NO3. The molecule has 0 saturated carbocycles. The largest absolute Gasteiger partial charge is 0.496 e. The van der Waals surface area contributed by atoms with E-state index in [0.717, 1.165) is 17.1 Å². The summed E-state index contributed by atoms with van der Waals surface area (Å²) in [5.41, 5.74) is 1.10. The van der Waals surface area contributed by atoms with E-state index < -0.39 is 0 Å². The monoisotopic (exact) mass is 275 g/mol. The predicted molar refractivity (Wildman–Crippen MR) is 77.5 cm³/mol. The second kappa shape index (κ2) is 7.12. The molecular weight excluding hydrogens is 254 g/mol. The minimum absolute atomic E-state index is 0.389. The topological polar surface area (TPSA) is 45.8 Å². The van der Waals surface area contributed by atoms with E-state index in [1.54, 1.807) is 20.3 Å². The van der Waals surface area contributed by atoms with Crippen LogP contribution in [0.1, 0.15) is 18.2 Å². The number of methoxy groups -OCH3 is 1. The van der Waals surface area contributed by atoms with Gasteiger partial charge in [0.2, 0.25) is 0 Å². The van der Waals surface area contributed by atoms with E-state index >= 15 is 0 Å². The minimum atomic E-state index is -0.389. The molecule has 2 rings (SSSR count). The molecule has 0 amide bonds. The van der Waals surface area contributed by atoms with Gasteiger partial charge < -0.3 is 14.3 Å². The molecule has 1 heterocycles. The highest BCUT2D eigenvalue weighted by atomic mass is 16.5. The molecule has 1 aromatic heterocycles. The Kier molecular flexibility index (Phi) is 5.21. The van der Waals surface area contributed by atoms with E-state index in [1.165, 1.54) is 0 Å². The summed E-state index contributed by atoms with van der Waals surface area (Å²) in [6.07, 6.45) is 1.28. The van der Waals surface area contributed by atoms with Crippen molar-refractivity contribution < 1.29 is 14.3 Å². The lowest BCUT2D eigenvalue weighted by molar-refractivity contribution is 0.112. The van der Waals surface area contributed by atoms with Crippen LogP contribution in [0, 0.1) is 0 Å². The lowest BCUT2D eigenvalue weighted by Crippen LogP contribution is -2.30. The Hall–Kier alpha value is -1.78. The first-order valence-corrected chi connectivity index (χ1v) is 6.73. The van der Waals surface area contributed by atoms with Crippen LogP contribution in [0.15, 0.2) is 47.1 Å². The van der Waals surface area contributed by atoms with Crippen molar-refractivity contribution in [2.75, 3.05) is 13.7 Å². The van der Waals surface area contributed by atoms with E-state index in [4.69, 9.17) is 9.15 Å². The Morgan fingerprint density at radius 1 is 1.20 bits per heavy atom. The number of hydrogen-bond acceptors (Lipinski definition) is 4. The summed E-state index contributed by atoms with van der Waals surface area (Å²) in [4.78, 5) is 2.14. The molecule has 0 aliphatic rings. The van der Waals surface area contributed by atoms with Gasteiger partial charge in [0.1, 0.15) is 11.5 Å². The molecule has 0 fully saturated rings.